The maximum atomic E-state index is 12.7. The van der Waals surface area contributed by atoms with Crippen molar-refractivity contribution in [3.05, 3.63) is 35.9 Å². The quantitative estimate of drug-likeness (QED) is 0.814. The van der Waals surface area contributed by atoms with Crippen LogP contribution in [0, 0.1) is 17.3 Å². The van der Waals surface area contributed by atoms with Crippen molar-refractivity contribution in [2.45, 2.75) is 40.5 Å². The van der Waals surface area contributed by atoms with Gasteiger partial charge in [-0.3, -0.25) is 4.79 Å². The third-order valence-electron chi connectivity index (χ3n) is 4.56. The van der Waals surface area contributed by atoms with Crippen molar-refractivity contribution in [1.29, 1.82) is 0 Å². The van der Waals surface area contributed by atoms with Crippen molar-refractivity contribution in [3.63, 3.8) is 0 Å². The number of rotatable bonds is 4. The summed E-state index contributed by atoms with van der Waals surface area (Å²) in [5, 5.41) is 0. The van der Waals surface area contributed by atoms with Crippen LogP contribution in [0.25, 0.3) is 0 Å². The van der Waals surface area contributed by atoms with Crippen LogP contribution in [0.5, 0.6) is 0 Å². The molecule has 2 heteroatoms. The molecule has 0 radical (unpaired) electrons. The highest BCUT2D eigenvalue weighted by Gasteiger charge is 2.60. The fourth-order valence-electron chi connectivity index (χ4n) is 3.53. The maximum absolute atomic E-state index is 12.7. The molecule has 1 aliphatic rings. The lowest BCUT2D eigenvalue weighted by Crippen LogP contribution is -2.33. The second-order valence-electron chi connectivity index (χ2n) is 6.86. The summed E-state index contributed by atoms with van der Waals surface area (Å²) in [5.74, 6) is 1.35. The van der Waals surface area contributed by atoms with Crippen LogP contribution in [0.2, 0.25) is 0 Å². The van der Waals surface area contributed by atoms with E-state index in [1.54, 1.807) is 0 Å². The average molecular weight is 273 g/mol. The molecule has 0 bridgehead atoms. The van der Waals surface area contributed by atoms with E-state index in [9.17, 15) is 4.79 Å². The number of carbonyl (C=O) groups excluding carboxylic acids is 1. The monoisotopic (exact) mass is 273 g/mol. The van der Waals surface area contributed by atoms with Crippen molar-refractivity contribution in [2.24, 2.45) is 17.3 Å². The van der Waals surface area contributed by atoms with Gasteiger partial charge in [0, 0.05) is 19.0 Å². The summed E-state index contributed by atoms with van der Waals surface area (Å²) >= 11 is 0. The van der Waals surface area contributed by atoms with Gasteiger partial charge in [-0.05, 0) is 36.7 Å². The summed E-state index contributed by atoms with van der Waals surface area (Å²) < 4.78 is 0. The van der Waals surface area contributed by atoms with E-state index in [4.69, 9.17) is 0 Å². The van der Waals surface area contributed by atoms with Crippen LogP contribution in [0.15, 0.2) is 30.3 Å². The molecule has 0 N–H and O–H groups in total. The predicted molar refractivity (Wildman–Crippen MR) is 83.5 cm³/mol. The predicted octanol–water partition coefficient (Wildman–Crippen LogP) is 3.93. The van der Waals surface area contributed by atoms with Gasteiger partial charge in [-0.2, -0.15) is 0 Å². The lowest BCUT2D eigenvalue weighted by atomic mass is 9.87. The van der Waals surface area contributed by atoms with Gasteiger partial charge in [0.1, 0.15) is 0 Å². The van der Waals surface area contributed by atoms with Gasteiger partial charge in [0.05, 0.1) is 0 Å². The van der Waals surface area contributed by atoms with Crippen molar-refractivity contribution < 1.29 is 4.79 Å². The first-order valence-corrected chi connectivity index (χ1v) is 7.75. The van der Waals surface area contributed by atoms with Gasteiger partial charge in [-0.1, -0.05) is 51.1 Å². The minimum absolute atomic E-state index is 0.164. The van der Waals surface area contributed by atoms with Crippen molar-refractivity contribution in [1.82, 2.24) is 4.90 Å². The fourth-order valence-corrected chi connectivity index (χ4v) is 3.53. The Bertz CT molecular complexity index is 456. The first-order chi connectivity index (χ1) is 9.41. The van der Waals surface area contributed by atoms with Crippen molar-refractivity contribution in [2.75, 3.05) is 13.1 Å². The van der Waals surface area contributed by atoms with Gasteiger partial charge >= 0.3 is 0 Å². The second kappa shape index (κ2) is 5.59. The van der Waals surface area contributed by atoms with E-state index in [1.807, 2.05) is 11.0 Å². The summed E-state index contributed by atoms with van der Waals surface area (Å²) in [6.45, 7) is 12.5. The van der Waals surface area contributed by atoms with Crippen LogP contribution in [0.1, 0.15) is 46.1 Å². The third kappa shape index (κ3) is 2.74. The standard InChI is InChI=1S/C18H27NO/c1-6-19(7-2)17(20)15-14(16(15)18(3,4)5)13-11-9-8-10-12-13/h8-12,14-16H,6-7H2,1-5H3/t14-,15-,16+/m1/s1. The number of carbonyl (C=O) groups is 1. The molecule has 0 spiro atoms. The highest BCUT2D eigenvalue weighted by Crippen LogP contribution is 2.62. The molecule has 1 amide bonds. The lowest BCUT2D eigenvalue weighted by molar-refractivity contribution is -0.132. The average Bonchev–Trinajstić information content (AvgIpc) is 3.16. The van der Waals surface area contributed by atoms with E-state index >= 15 is 0 Å². The summed E-state index contributed by atoms with van der Waals surface area (Å²) in [5.41, 5.74) is 1.49. The van der Waals surface area contributed by atoms with Crippen LogP contribution in [0.4, 0.5) is 0 Å². The van der Waals surface area contributed by atoms with Gasteiger partial charge < -0.3 is 4.90 Å². The van der Waals surface area contributed by atoms with Crippen LogP contribution in [-0.2, 0) is 4.79 Å². The van der Waals surface area contributed by atoms with Gasteiger partial charge in [-0.15, -0.1) is 0 Å². The Labute approximate surface area is 123 Å². The topological polar surface area (TPSA) is 20.3 Å². The zero-order valence-corrected chi connectivity index (χ0v) is 13.4. The summed E-state index contributed by atoms with van der Waals surface area (Å²) in [6, 6.07) is 10.5. The maximum Gasteiger partial charge on any atom is 0.226 e. The summed E-state index contributed by atoms with van der Waals surface area (Å²) in [7, 11) is 0. The summed E-state index contributed by atoms with van der Waals surface area (Å²) in [4.78, 5) is 14.7. The molecule has 0 aliphatic heterocycles. The van der Waals surface area contributed by atoms with Gasteiger partial charge in [0.25, 0.3) is 0 Å². The highest BCUT2D eigenvalue weighted by molar-refractivity contribution is 5.84. The molecule has 0 saturated heterocycles. The molecule has 2 rings (SSSR count). The molecule has 0 unspecified atom stereocenters. The molecule has 1 saturated carbocycles. The highest BCUT2D eigenvalue weighted by atomic mass is 16.2. The lowest BCUT2D eigenvalue weighted by Gasteiger charge is -2.22. The zero-order valence-electron chi connectivity index (χ0n) is 13.4. The smallest absolute Gasteiger partial charge is 0.226 e. The number of hydrogen-bond acceptors (Lipinski definition) is 1. The van der Waals surface area contributed by atoms with Crippen molar-refractivity contribution >= 4 is 5.91 Å². The first kappa shape index (κ1) is 15.1. The van der Waals surface area contributed by atoms with Crippen LogP contribution in [-0.4, -0.2) is 23.9 Å². The second-order valence-corrected chi connectivity index (χ2v) is 6.86. The molecular formula is C18H27NO. The summed E-state index contributed by atoms with van der Waals surface area (Å²) in [6.07, 6.45) is 0. The molecule has 1 aromatic carbocycles. The van der Waals surface area contributed by atoms with E-state index in [-0.39, 0.29) is 11.3 Å². The Morgan fingerprint density at radius 3 is 2.10 bits per heavy atom. The van der Waals surface area contributed by atoms with E-state index in [2.05, 4.69) is 58.9 Å². The Morgan fingerprint density at radius 2 is 1.65 bits per heavy atom. The molecule has 1 aromatic rings. The Balaban J connectivity index is 2.25. The van der Waals surface area contributed by atoms with Gasteiger partial charge in [-0.25, -0.2) is 0 Å². The van der Waals surface area contributed by atoms with Gasteiger partial charge in [0.15, 0.2) is 0 Å². The minimum atomic E-state index is 0.164. The number of benzene rings is 1. The third-order valence-corrected chi connectivity index (χ3v) is 4.56. The Morgan fingerprint density at radius 1 is 1.10 bits per heavy atom. The molecule has 1 aliphatic carbocycles. The molecule has 20 heavy (non-hydrogen) atoms. The number of amides is 1. The molecular weight excluding hydrogens is 246 g/mol. The van der Waals surface area contributed by atoms with Gasteiger partial charge in [0.2, 0.25) is 5.91 Å². The van der Waals surface area contributed by atoms with Crippen LogP contribution < -0.4 is 0 Å². The van der Waals surface area contributed by atoms with E-state index < -0.39 is 0 Å². The molecule has 0 aromatic heterocycles. The van der Waals surface area contributed by atoms with E-state index in [0.29, 0.717) is 17.7 Å². The molecule has 0 heterocycles. The minimum Gasteiger partial charge on any atom is -0.343 e. The Hall–Kier alpha value is -1.31. The largest absolute Gasteiger partial charge is 0.343 e. The molecule has 3 atom stereocenters. The van der Waals surface area contributed by atoms with Crippen LogP contribution >= 0.6 is 0 Å². The fraction of sp³-hybridized carbons (Fsp3) is 0.611. The van der Waals surface area contributed by atoms with E-state index in [1.165, 1.54) is 5.56 Å². The molecule has 2 nitrogen and oxygen atoms in total. The van der Waals surface area contributed by atoms with Crippen molar-refractivity contribution in [3.8, 4) is 0 Å². The molecule has 110 valence electrons. The van der Waals surface area contributed by atoms with E-state index in [0.717, 1.165) is 13.1 Å². The number of nitrogens with zero attached hydrogens (tertiary/aromatic N) is 1. The Kier molecular flexibility index (Phi) is 4.22. The zero-order chi connectivity index (χ0) is 14.9. The number of hydrogen-bond donors (Lipinski definition) is 0. The first-order valence-electron chi connectivity index (χ1n) is 7.75. The SMILES string of the molecule is CCN(CC)C(=O)[C@@H]1[C@@H](c2ccccc2)[C@@H]1C(C)(C)C. The molecule has 1 fully saturated rings. The normalized spacial score (nSPS) is 25.4. The van der Waals surface area contributed by atoms with Crippen LogP contribution in [0.3, 0.4) is 0 Å².